The Kier molecular flexibility index (Phi) is 3.51. The summed E-state index contributed by atoms with van der Waals surface area (Å²) in [5.41, 5.74) is 0.396. The van der Waals surface area contributed by atoms with Gasteiger partial charge in [-0.1, -0.05) is 6.42 Å². The summed E-state index contributed by atoms with van der Waals surface area (Å²) in [6.45, 7) is 0. The number of furan rings is 1. The summed E-state index contributed by atoms with van der Waals surface area (Å²) < 4.78 is 5.44. The molecule has 2 atom stereocenters. The van der Waals surface area contributed by atoms with Crippen molar-refractivity contribution in [2.75, 3.05) is 0 Å². The van der Waals surface area contributed by atoms with Gasteiger partial charge in [0.15, 0.2) is 4.67 Å². The molecule has 6 heteroatoms. The quantitative estimate of drug-likeness (QED) is 0.895. The molecule has 92 valence electrons. The number of halogens is 1. The summed E-state index contributed by atoms with van der Waals surface area (Å²) in [5, 5.41) is 11.7. The van der Waals surface area contributed by atoms with Crippen LogP contribution >= 0.6 is 15.9 Å². The maximum Gasteiger partial charge on any atom is 0.308 e. The normalized spacial score (nSPS) is 23.6. The van der Waals surface area contributed by atoms with Gasteiger partial charge in [0.2, 0.25) is 0 Å². The number of carboxylic acids is 1. The average Bonchev–Trinajstić information content (AvgIpc) is 2.86. The van der Waals surface area contributed by atoms with Crippen LogP contribution in [-0.4, -0.2) is 23.0 Å². The number of amides is 1. The number of aliphatic carboxylic acids is 1. The molecule has 1 saturated carbocycles. The van der Waals surface area contributed by atoms with Gasteiger partial charge in [-0.05, 0) is 28.8 Å². The molecule has 2 rings (SSSR count). The van der Waals surface area contributed by atoms with E-state index < -0.39 is 11.9 Å². The maximum atomic E-state index is 11.8. The second kappa shape index (κ2) is 4.91. The molecule has 1 aliphatic rings. The second-order valence-electron chi connectivity index (χ2n) is 4.10. The molecule has 0 aliphatic heterocycles. The van der Waals surface area contributed by atoms with Crippen LogP contribution in [0, 0.1) is 5.92 Å². The lowest BCUT2D eigenvalue weighted by Gasteiger charge is -2.16. The highest BCUT2D eigenvalue weighted by molar-refractivity contribution is 9.10. The smallest absolute Gasteiger partial charge is 0.308 e. The predicted molar refractivity (Wildman–Crippen MR) is 62.6 cm³/mol. The van der Waals surface area contributed by atoms with Crippen LogP contribution in [0.5, 0.6) is 0 Å². The van der Waals surface area contributed by atoms with E-state index >= 15 is 0 Å². The second-order valence-corrected chi connectivity index (χ2v) is 4.88. The lowest BCUT2D eigenvalue weighted by molar-refractivity contribution is -0.142. The molecule has 0 spiro atoms. The van der Waals surface area contributed by atoms with Crippen LogP contribution in [0.4, 0.5) is 0 Å². The Hall–Kier alpha value is -1.30. The minimum atomic E-state index is -0.846. The molecule has 0 unspecified atom stereocenters. The van der Waals surface area contributed by atoms with Crippen molar-refractivity contribution in [3.8, 4) is 0 Å². The van der Waals surface area contributed by atoms with Gasteiger partial charge in [0, 0.05) is 12.1 Å². The third kappa shape index (κ3) is 2.69. The molecule has 2 N–H and O–H groups in total. The van der Waals surface area contributed by atoms with E-state index in [0.29, 0.717) is 23.1 Å². The standard InChI is InChI=1S/C11H12BrNO4/c12-9-4-6(5-17-9)10(14)13-8-3-1-2-7(8)11(15)16/h4-5,7-8H,1-3H2,(H,13,14)(H,15,16)/t7-,8+/m1/s1. The van der Waals surface area contributed by atoms with E-state index in [2.05, 4.69) is 21.2 Å². The SMILES string of the molecule is O=C(N[C@H]1CCC[C@H]1C(=O)O)c1coc(Br)c1. The number of nitrogens with one attached hydrogen (secondary N) is 1. The third-order valence-electron chi connectivity index (χ3n) is 2.98. The topological polar surface area (TPSA) is 79.5 Å². The van der Waals surface area contributed by atoms with Gasteiger partial charge < -0.3 is 14.8 Å². The first-order chi connectivity index (χ1) is 8.08. The molecule has 1 aliphatic carbocycles. The number of carboxylic acid groups (broad SMARTS) is 1. The number of rotatable bonds is 3. The predicted octanol–water partition coefficient (Wildman–Crippen LogP) is 2.03. The van der Waals surface area contributed by atoms with E-state index in [0.717, 1.165) is 6.42 Å². The maximum absolute atomic E-state index is 11.8. The zero-order valence-corrected chi connectivity index (χ0v) is 10.6. The van der Waals surface area contributed by atoms with Gasteiger partial charge in [0.25, 0.3) is 5.91 Å². The van der Waals surface area contributed by atoms with Crippen LogP contribution < -0.4 is 5.32 Å². The van der Waals surface area contributed by atoms with Crippen LogP contribution in [-0.2, 0) is 4.79 Å². The number of carbonyl (C=O) groups excluding carboxylic acids is 1. The van der Waals surface area contributed by atoms with Gasteiger partial charge in [-0.3, -0.25) is 9.59 Å². The first-order valence-electron chi connectivity index (χ1n) is 5.35. The van der Waals surface area contributed by atoms with Crippen molar-refractivity contribution >= 4 is 27.8 Å². The molecule has 1 aromatic rings. The van der Waals surface area contributed by atoms with Gasteiger partial charge in [-0.25, -0.2) is 0 Å². The summed E-state index contributed by atoms with van der Waals surface area (Å²) in [6, 6.07) is 1.27. The summed E-state index contributed by atoms with van der Waals surface area (Å²) in [6.07, 6.45) is 3.50. The van der Waals surface area contributed by atoms with Gasteiger partial charge in [0.1, 0.15) is 6.26 Å². The summed E-state index contributed by atoms with van der Waals surface area (Å²) in [5.74, 6) is -1.62. The van der Waals surface area contributed by atoms with Crippen molar-refractivity contribution in [2.45, 2.75) is 25.3 Å². The summed E-state index contributed by atoms with van der Waals surface area (Å²) in [4.78, 5) is 22.8. The number of hydrogen-bond acceptors (Lipinski definition) is 3. The summed E-state index contributed by atoms with van der Waals surface area (Å²) >= 11 is 3.11. The van der Waals surface area contributed by atoms with Crippen molar-refractivity contribution in [3.05, 3.63) is 22.6 Å². The minimum Gasteiger partial charge on any atom is -0.481 e. The molecule has 1 amide bonds. The zero-order chi connectivity index (χ0) is 12.4. The van der Waals surface area contributed by atoms with E-state index in [1.54, 1.807) is 6.07 Å². The van der Waals surface area contributed by atoms with E-state index in [-0.39, 0.29) is 11.9 Å². The summed E-state index contributed by atoms with van der Waals surface area (Å²) in [7, 11) is 0. The van der Waals surface area contributed by atoms with E-state index in [9.17, 15) is 9.59 Å². The lowest BCUT2D eigenvalue weighted by atomic mass is 10.0. The molecule has 0 radical (unpaired) electrons. The van der Waals surface area contributed by atoms with Crippen LogP contribution in [0.15, 0.2) is 21.4 Å². The van der Waals surface area contributed by atoms with Crippen LogP contribution in [0.25, 0.3) is 0 Å². The highest BCUT2D eigenvalue weighted by Crippen LogP contribution is 2.26. The largest absolute Gasteiger partial charge is 0.481 e. The Morgan fingerprint density at radius 2 is 2.24 bits per heavy atom. The Morgan fingerprint density at radius 3 is 2.82 bits per heavy atom. The van der Waals surface area contributed by atoms with Crippen molar-refractivity contribution in [1.29, 1.82) is 0 Å². The van der Waals surface area contributed by atoms with Crippen LogP contribution in [0.3, 0.4) is 0 Å². The molecule has 17 heavy (non-hydrogen) atoms. The zero-order valence-electron chi connectivity index (χ0n) is 8.98. The molecular formula is C11H12BrNO4. The first-order valence-corrected chi connectivity index (χ1v) is 6.15. The molecule has 0 saturated heterocycles. The van der Waals surface area contributed by atoms with Gasteiger partial charge in [-0.2, -0.15) is 0 Å². The Bertz CT molecular complexity index is 442. The van der Waals surface area contributed by atoms with Crippen molar-refractivity contribution in [3.63, 3.8) is 0 Å². The molecular weight excluding hydrogens is 290 g/mol. The monoisotopic (exact) mass is 301 g/mol. The fourth-order valence-corrected chi connectivity index (χ4v) is 2.45. The van der Waals surface area contributed by atoms with Gasteiger partial charge in [-0.15, -0.1) is 0 Å². The Morgan fingerprint density at radius 1 is 1.47 bits per heavy atom. The van der Waals surface area contributed by atoms with E-state index in [1.807, 2.05) is 0 Å². The van der Waals surface area contributed by atoms with Gasteiger partial charge >= 0.3 is 5.97 Å². The van der Waals surface area contributed by atoms with Crippen LogP contribution in [0.1, 0.15) is 29.6 Å². The first kappa shape index (κ1) is 12.2. The molecule has 0 aromatic carbocycles. The number of carbonyl (C=O) groups is 2. The average molecular weight is 302 g/mol. The molecule has 1 heterocycles. The van der Waals surface area contributed by atoms with Crippen LogP contribution in [0.2, 0.25) is 0 Å². The molecule has 0 bridgehead atoms. The Balaban J connectivity index is 2.01. The molecule has 1 fully saturated rings. The third-order valence-corrected chi connectivity index (χ3v) is 3.40. The van der Waals surface area contributed by atoms with E-state index in [1.165, 1.54) is 6.26 Å². The highest BCUT2D eigenvalue weighted by Gasteiger charge is 2.34. The van der Waals surface area contributed by atoms with E-state index in [4.69, 9.17) is 9.52 Å². The van der Waals surface area contributed by atoms with Crippen molar-refractivity contribution in [1.82, 2.24) is 5.32 Å². The van der Waals surface area contributed by atoms with Crippen molar-refractivity contribution in [2.24, 2.45) is 5.92 Å². The fourth-order valence-electron chi connectivity index (χ4n) is 2.11. The van der Waals surface area contributed by atoms with Crippen molar-refractivity contribution < 1.29 is 19.1 Å². The fraction of sp³-hybridized carbons (Fsp3) is 0.455. The van der Waals surface area contributed by atoms with Gasteiger partial charge in [0.05, 0.1) is 11.5 Å². The highest BCUT2D eigenvalue weighted by atomic mass is 79.9. The minimum absolute atomic E-state index is 0.284. The lowest BCUT2D eigenvalue weighted by Crippen LogP contribution is -2.40. The Labute approximate surface area is 106 Å². The molecule has 5 nitrogen and oxygen atoms in total. The number of hydrogen-bond donors (Lipinski definition) is 2. The molecule has 1 aromatic heterocycles.